The van der Waals surface area contributed by atoms with Crippen molar-refractivity contribution in [2.24, 2.45) is 0 Å². The average molecular weight is 453 g/mol. The Bertz CT molecular complexity index is 1250. The normalized spacial score (nSPS) is 16.7. The highest BCUT2D eigenvalue weighted by molar-refractivity contribution is 7.18. The van der Waals surface area contributed by atoms with E-state index in [-0.39, 0.29) is 0 Å². The van der Waals surface area contributed by atoms with Crippen molar-refractivity contribution >= 4 is 27.3 Å². The lowest BCUT2D eigenvalue weighted by Crippen LogP contribution is -2.42. The second kappa shape index (κ2) is 7.93. The van der Waals surface area contributed by atoms with Crippen LogP contribution in [0.15, 0.2) is 18.6 Å². The maximum Gasteiger partial charge on any atom is 0.158 e. The topological polar surface area (TPSA) is 82.3 Å². The number of nitrogens with zero attached hydrogens (tertiary/aromatic N) is 5. The fourth-order valence-corrected chi connectivity index (χ4v) is 6.14. The van der Waals surface area contributed by atoms with Gasteiger partial charge in [0.1, 0.15) is 16.7 Å². The number of fused-ring (bicyclic) bond motifs is 2. The van der Waals surface area contributed by atoms with Crippen LogP contribution in [-0.4, -0.2) is 59.8 Å². The van der Waals surface area contributed by atoms with Crippen molar-refractivity contribution in [2.45, 2.75) is 64.9 Å². The van der Waals surface area contributed by atoms with Gasteiger partial charge in [0.15, 0.2) is 5.65 Å². The molecule has 8 heteroatoms. The summed E-state index contributed by atoms with van der Waals surface area (Å²) in [5.41, 5.74) is 6.02. The molecule has 5 rings (SSSR count). The van der Waals surface area contributed by atoms with E-state index in [1.807, 2.05) is 18.4 Å². The lowest BCUT2D eigenvalue weighted by atomic mass is 9.96. The van der Waals surface area contributed by atoms with Crippen molar-refractivity contribution < 1.29 is 5.11 Å². The second-order valence-corrected chi connectivity index (χ2v) is 11.1. The smallest absolute Gasteiger partial charge is 0.158 e. The minimum atomic E-state index is -0.639. The Kier molecular flexibility index (Phi) is 5.34. The first-order chi connectivity index (χ1) is 15.2. The van der Waals surface area contributed by atoms with Crippen LogP contribution in [0.2, 0.25) is 0 Å². The monoisotopic (exact) mass is 452 g/mol. The van der Waals surface area contributed by atoms with Crippen LogP contribution in [-0.2, 0) is 0 Å². The van der Waals surface area contributed by atoms with Gasteiger partial charge in [0.25, 0.3) is 0 Å². The van der Waals surface area contributed by atoms with Gasteiger partial charge >= 0.3 is 0 Å². The number of pyridine rings is 1. The molecule has 1 fully saturated rings. The Labute approximate surface area is 192 Å². The van der Waals surface area contributed by atoms with Gasteiger partial charge in [0.2, 0.25) is 0 Å². The van der Waals surface area contributed by atoms with Crippen LogP contribution in [0.1, 0.15) is 68.5 Å². The van der Waals surface area contributed by atoms with Crippen LogP contribution in [0.4, 0.5) is 0 Å². The molecular formula is C24H32N6OS. The molecule has 0 saturated carbocycles. The van der Waals surface area contributed by atoms with E-state index >= 15 is 0 Å². The van der Waals surface area contributed by atoms with Crippen molar-refractivity contribution in [3.8, 4) is 11.3 Å². The van der Waals surface area contributed by atoms with Gasteiger partial charge in [0, 0.05) is 29.8 Å². The molecule has 0 aromatic carbocycles. The van der Waals surface area contributed by atoms with Gasteiger partial charge in [-0.1, -0.05) is 13.8 Å². The molecule has 0 bridgehead atoms. The SMILES string of the molecule is Cc1cc(-c2[nH]c3sc(C4CCN(CC(C)(C)O)CC4)nc3c2C(C)C)cn2ncnc12. The number of likely N-dealkylation sites (tertiary alicyclic amines) is 1. The summed E-state index contributed by atoms with van der Waals surface area (Å²) in [7, 11) is 0. The number of aryl methyl sites for hydroxylation is 1. The number of hydrogen-bond acceptors (Lipinski definition) is 6. The number of β-amino-alcohol motifs (C(OH)–C–C–N with tert-alkyl or cyclic N) is 1. The largest absolute Gasteiger partial charge is 0.389 e. The highest BCUT2D eigenvalue weighted by atomic mass is 32.1. The van der Waals surface area contributed by atoms with Crippen LogP contribution in [0, 0.1) is 6.92 Å². The number of piperidine rings is 1. The predicted octanol–water partition coefficient (Wildman–Crippen LogP) is 4.72. The van der Waals surface area contributed by atoms with Gasteiger partial charge in [-0.3, -0.25) is 0 Å². The van der Waals surface area contributed by atoms with E-state index < -0.39 is 5.60 Å². The van der Waals surface area contributed by atoms with Crippen molar-refractivity contribution in [1.82, 2.24) is 29.5 Å². The fraction of sp³-hybridized carbons (Fsp3) is 0.542. The number of nitrogens with one attached hydrogen (secondary N) is 1. The third-order valence-electron chi connectivity index (χ3n) is 6.38. The third kappa shape index (κ3) is 3.95. The Morgan fingerprint density at radius 2 is 2.03 bits per heavy atom. The number of H-pyrrole nitrogens is 1. The van der Waals surface area contributed by atoms with Crippen LogP contribution >= 0.6 is 11.3 Å². The lowest BCUT2D eigenvalue weighted by molar-refractivity contribution is 0.0282. The maximum atomic E-state index is 10.1. The second-order valence-electron chi connectivity index (χ2n) is 10.1. The summed E-state index contributed by atoms with van der Waals surface area (Å²) in [6.07, 6.45) is 5.84. The zero-order valence-electron chi connectivity index (χ0n) is 19.5. The van der Waals surface area contributed by atoms with Gasteiger partial charge < -0.3 is 15.0 Å². The standard InChI is InChI=1S/C24H32N6OS/c1-14(2)18-19(17-10-15(3)21-25-13-26-30(21)11-17)27-23-20(18)28-22(32-23)16-6-8-29(9-7-16)12-24(4,5)31/h10-11,13-14,16,27,31H,6-9,12H2,1-5H3. The first-order valence-corrected chi connectivity index (χ1v) is 12.3. The first-order valence-electron chi connectivity index (χ1n) is 11.5. The molecule has 0 amide bonds. The van der Waals surface area contributed by atoms with E-state index in [1.165, 1.54) is 10.6 Å². The quantitative estimate of drug-likeness (QED) is 0.458. The van der Waals surface area contributed by atoms with Crippen LogP contribution in [0.3, 0.4) is 0 Å². The molecule has 0 aliphatic carbocycles. The number of aromatic amines is 1. The van der Waals surface area contributed by atoms with E-state index in [2.05, 4.69) is 53.0 Å². The third-order valence-corrected chi connectivity index (χ3v) is 7.51. The summed E-state index contributed by atoms with van der Waals surface area (Å²) < 4.78 is 1.85. The number of rotatable bonds is 5. The molecule has 170 valence electrons. The number of aliphatic hydroxyl groups is 1. The van der Waals surface area contributed by atoms with Gasteiger partial charge in [-0.25, -0.2) is 14.5 Å². The minimum absolute atomic E-state index is 0.356. The highest BCUT2D eigenvalue weighted by Gasteiger charge is 2.28. The van der Waals surface area contributed by atoms with Gasteiger partial charge in [0.05, 0.1) is 16.3 Å². The number of aromatic nitrogens is 5. The molecule has 0 spiro atoms. The average Bonchev–Trinajstić information content (AvgIpc) is 3.40. The fourth-order valence-electron chi connectivity index (χ4n) is 4.98. The Morgan fingerprint density at radius 1 is 1.28 bits per heavy atom. The molecule has 1 aliphatic heterocycles. The molecule has 7 nitrogen and oxygen atoms in total. The molecule has 0 radical (unpaired) electrons. The van der Waals surface area contributed by atoms with Crippen LogP contribution < -0.4 is 0 Å². The number of hydrogen-bond donors (Lipinski definition) is 2. The Morgan fingerprint density at radius 3 is 2.72 bits per heavy atom. The van der Waals surface area contributed by atoms with E-state index in [4.69, 9.17) is 4.98 Å². The number of thiazole rings is 1. The summed E-state index contributed by atoms with van der Waals surface area (Å²) in [6, 6.07) is 2.19. The molecule has 1 aliphatic rings. The van der Waals surface area contributed by atoms with Crippen LogP contribution in [0.25, 0.3) is 27.3 Å². The summed E-state index contributed by atoms with van der Waals surface area (Å²) in [6.45, 7) is 13.1. The predicted molar refractivity (Wildman–Crippen MR) is 129 cm³/mol. The maximum absolute atomic E-state index is 10.1. The van der Waals surface area contributed by atoms with Crippen molar-refractivity contribution in [3.05, 3.63) is 34.7 Å². The summed E-state index contributed by atoms with van der Waals surface area (Å²) in [5.74, 6) is 0.852. The minimum Gasteiger partial charge on any atom is -0.389 e. The summed E-state index contributed by atoms with van der Waals surface area (Å²) >= 11 is 1.81. The van der Waals surface area contributed by atoms with Crippen molar-refractivity contribution in [1.29, 1.82) is 0 Å². The molecule has 4 aromatic heterocycles. The molecule has 1 saturated heterocycles. The van der Waals surface area contributed by atoms with E-state index in [0.29, 0.717) is 11.8 Å². The molecular weight excluding hydrogens is 420 g/mol. The Hall–Kier alpha value is -2.29. The molecule has 4 aromatic rings. The van der Waals surface area contributed by atoms with Crippen LogP contribution in [0.5, 0.6) is 0 Å². The summed E-state index contributed by atoms with van der Waals surface area (Å²) in [4.78, 5) is 16.7. The van der Waals surface area contributed by atoms with E-state index in [1.54, 1.807) is 17.7 Å². The molecule has 32 heavy (non-hydrogen) atoms. The zero-order chi connectivity index (χ0) is 22.6. The van der Waals surface area contributed by atoms with E-state index in [0.717, 1.165) is 65.3 Å². The summed E-state index contributed by atoms with van der Waals surface area (Å²) in [5, 5.41) is 15.7. The molecule has 5 heterocycles. The van der Waals surface area contributed by atoms with E-state index in [9.17, 15) is 5.11 Å². The zero-order valence-corrected chi connectivity index (χ0v) is 20.3. The highest BCUT2D eigenvalue weighted by Crippen LogP contribution is 2.41. The lowest BCUT2D eigenvalue weighted by Gasteiger charge is -2.34. The van der Waals surface area contributed by atoms with Gasteiger partial charge in [-0.15, -0.1) is 11.3 Å². The van der Waals surface area contributed by atoms with Crippen molar-refractivity contribution in [2.75, 3.05) is 19.6 Å². The Balaban J connectivity index is 1.45. The van der Waals surface area contributed by atoms with Crippen molar-refractivity contribution in [3.63, 3.8) is 0 Å². The first kappa shape index (κ1) is 21.6. The molecule has 0 unspecified atom stereocenters. The van der Waals surface area contributed by atoms with Gasteiger partial charge in [-0.05, 0) is 64.3 Å². The van der Waals surface area contributed by atoms with Gasteiger partial charge in [-0.2, -0.15) is 5.10 Å². The molecule has 2 N–H and O–H groups in total. The molecule has 0 atom stereocenters.